The van der Waals surface area contributed by atoms with Crippen LogP contribution in [0.3, 0.4) is 0 Å². The van der Waals surface area contributed by atoms with Crippen LogP contribution in [0.4, 0.5) is 5.69 Å². The average Bonchev–Trinajstić information content (AvgIpc) is 3.25. The highest BCUT2D eigenvalue weighted by Gasteiger charge is 2.23. The molecule has 1 amide bonds. The summed E-state index contributed by atoms with van der Waals surface area (Å²) in [6.07, 6.45) is 4.03. The molecule has 0 aliphatic heterocycles. The van der Waals surface area contributed by atoms with Crippen LogP contribution in [0.1, 0.15) is 10.5 Å². The van der Waals surface area contributed by atoms with Gasteiger partial charge in [0.25, 0.3) is 5.91 Å². The summed E-state index contributed by atoms with van der Waals surface area (Å²) in [5.41, 5.74) is 3.00. The number of sulfone groups is 1. The van der Waals surface area contributed by atoms with Gasteiger partial charge in [-0.15, -0.1) is 0 Å². The lowest BCUT2D eigenvalue weighted by Gasteiger charge is -2.05. The number of rotatable bonds is 4. The maximum absolute atomic E-state index is 12.6. The zero-order valence-electron chi connectivity index (χ0n) is 15.2. The largest absolute Gasteiger partial charge is 0.319 e. The monoisotopic (exact) mass is 395 g/mol. The molecule has 28 heavy (non-hydrogen) atoms. The number of nitrogens with zero attached hydrogens (tertiary/aromatic N) is 4. The van der Waals surface area contributed by atoms with Crippen LogP contribution in [0.5, 0.6) is 0 Å². The molecule has 0 atom stereocenters. The highest BCUT2D eigenvalue weighted by molar-refractivity contribution is 7.90. The summed E-state index contributed by atoms with van der Waals surface area (Å²) < 4.78 is 26.7. The van der Waals surface area contributed by atoms with Crippen LogP contribution in [-0.4, -0.2) is 40.0 Å². The molecular formula is C19H17N5O3S. The van der Waals surface area contributed by atoms with Crippen LogP contribution >= 0.6 is 0 Å². The van der Waals surface area contributed by atoms with Crippen molar-refractivity contribution in [2.45, 2.75) is 4.90 Å². The van der Waals surface area contributed by atoms with Gasteiger partial charge in [-0.1, -0.05) is 30.3 Å². The SMILES string of the molecule is Cn1cc(S(C)(=O)=O)c(C(=O)Nc2ccc3cc(-c4ccccc4)nn3c2)n1. The van der Waals surface area contributed by atoms with E-state index in [-0.39, 0.29) is 10.6 Å². The third-order valence-electron chi connectivity index (χ3n) is 4.20. The molecule has 0 aliphatic rings. The second kappa shape index (κ2) is 6.61. The van der Waals surface area contributed by atoms with Gasteiger partial charge in [0.15, 0.2) is 15.5 Å². The number of benzene rings is 1. The van der Waals surface area contributed by atoms with Crippen molar-refractivity contribution in [2.75, 3.05) is 11.6 Å². The van der Waals surface area contributed by atoms with Gasteiger partial charge >= 0.3 is 0 Å². The molecule has 3 heterocycles. The predicted octanol–water partition coefficient (Wildman–Crippen LogP) is 2.39. The molecule has 0 saturated carbocycles. The summed E-state index contributed by atoms with van der Waals surface area (Å²) in [4.78, 5) is 12.5. The third-order valence-corrected chi connectivity index (χ3v) is 5.29. The quantitative estimate of drug-likeness (QED) is 0.572. The summed E-state index contributed by atoms with van der Waals surface area (Å²) in [6, 6.07) is 15.3. The lowest BCUT2D eigenvalue weighted by molar-refractivity contribution is 0.101. The van der Waals surface area contributed by atoms with Crippen LogP contribution < -0.4 is 5.32 Å². The van der Waals surface area contributed by atoms with Crippen molar-refractivity contribution in [3.05, 3.63) is 66.6 Å². The smallest absolute Gasteiger partial charge is 0.277 e. The topological polar surface area (TPSA) is 98.4 Å². The fourth-order valence-corrected chi connectivity index (χ4v) is 3.73. The zero-order chi connectivity index (χ0) is 19.9. The van der Waals surface area contributed by atoms with E-state index in [0.29, 0.717) is 5.69 Å². The first-order chi connectivity index (χ1) is 13.3. The summed E-state index contributed by atoms with van der Waals surface area (Å²) >= 11 is 0. The van der Waals surface area contributed by atoms with Gasteiger partial charge in [0.1, 0.15) is 4.90 Å². The van der Waals surface area contributed by atoms with Crippen LogP contribution in [0.25, 0.3) is 16.8 Å². The van der Waals surface area contributed by atoms with E-state index in [4.69, 9.17) is 0 Å². The molecule has 0 bridgehead atoms. The number of aromatic nitrogens is 4. The number of hydrogen-bond acceptors (Lipinski definition) is 5. The molecule has 3 aromatic heterocycles. The Morgan fingerprint density at radius 1 is 1.04 bits per heavy atom. The van der Waals surface area contributed by atoms with Gasteiger partial charge in [-0.2, -0.15) is 10.2 Å². The van der Waals surface area contributed by atoms with Crippen molar-refractivity contribution in [2.24, 2.45) is 7.05 Å². The summed E-state index contributed by atoms with van der Waals surface area (Å²) in [5, 5.41) is 11.2. The minimum atomic E-state index is -3.57. The molecule has 0 aliphatic carbocycles. The molecule has 0 spiro atoms. The first-order valence-electron chi connectivity index (χ1n) is 8.41. The molecule has 0 unspecified atom stereocenters. The maximum atomic E-state index is 12.6. The van der Waals surface area contributed by atoms with E-state index in [2.05, 4.69) is 15.5 Å². The zero-order valence-corrected chi connectivity index (χ0v) is 16.0. The molecule has 0 radical (unpaired) electrons. The molecule has 4 aromatic rings. The molecule has 142 valence electrons. The van der Waals surface area contributed by atoms with Gasteiger partial charge in [-0.05, 0) is 18.2 Å². The van der Waals surface area contributed by atoms with Crippen molar-refractivity contribution in [1.29, 1.82) is 0 Å². The molecule has 1 N–H and O–H groups in total. The van der Waals surface area contributed by atoms with E-state index in [1.807, 2.05) is 42.5 Å². The number of amides is 1. The van der Waals surface area contributed by atoms with Crippen LogP contribution in [0, 0.1) is 0 Å². The molecule has 4 rings (SSSR count). The number of anilines is 1. The van der Waals surface area contributed by atoms with Crippen molar-refractivity contribution >= 4 is 26.9 Å². The Morgan fingerprint density at radius 2 is 1.79 bits per heavy atom. The lowest BCUT2D eigenvalue weighted by Crippen LogP contribution is -2.16. The number of carbonyl (C=O) groups excluding carboxylic acids is 1. The van der Waals surface area contributed by atoms with Gasteiger partial charge in [-0.25, -0.2) is 12.9 Å². The molecule has 0 saturated heterocycles. The molecule has 0 fully saturated rings. The van der Waals surface area contributed by atoms with Gasteiger partial charge in [-0.3, -0.25) is 9.48 Å². The van der Waals surface area contributed by atoms with Crippen LogP contribution in [-0.2, 0) is 16.9 Å². The standard InChI is InChI=1S/C19H17N5O3S/c1-23-12-17(28(2,26)27)18(22-23)19(25)20-14-8-9-15-10-16(21-24(15)11-14)13-6-4-3-5-7-13/h3-12H,1-2H3,(H,20,25). The summed E-state index contributed by atoms with van der Waals surface area (Å²) in [7, 11) is -2.01. The minimum Gasteiger partial charge on any atom is -0.319 e. The number of pyridine rings is 1. The Bertz CT molecular complexity index is 1290. The van der Waals surface area contributed by atoms with Crippen LogP contribution in [0.2, 0.25) is 0 Å². The number of hydrogen-bond donors (Lipinski definition) is 1. The second-order valence-electron chi connectivity index (χ2n) is 6.42. The fraction of sp³-hybridized carbons (Fsp3) is 0.105. The maximum Gasteiger partial charge on any atom is 0.277 e. The van der Waals surface area contributed by atoms with Gasteiger partial charge < -0.3 is 5.32 Å². The Labute approximate surface area is 161 Å². The Hall–Kier alpha value is -3.46. The molecule has 9 heteroatoms. The number of aryl methyl sites for hydroxylation is 1. The van der Waals surface area contributed by atoms with Crippen LogP contribution in [0.15, 0.2) is 65.8 Å². The Morgan fingerprint density at radius 3 is 2.50 bits per heavy atom. The number of nitrogens with one attached hydrogen (secondary N) is 1. The van der Waals surface area contributed by atoms with E-state index in [0.717, 1.165) is 23.0 Å². The van der Waals surface area contributed by atoms with E-state index in [9.17, 15) is 13.2 Å². The third kappa shape index (κ3) is 3.39. The van der Waals surface area contributed by atoms with Crippen molar-refractivity contribution in [3.63, 3.8) is 0 Å². The first kappa shape index (κ1) is 17.9. The predicted molar refractivity (Wildman–Crippen MR) is 105 cm³/mol. The Balaban J connectivity index is 1.65. The van der Waals surface area contributed by atoms with Gasteiger partial charge in [0, 0.05) is 25.1 Å². The van der Waals surface area contributed by atoms with Crippen molar-refractivity contribution < 1.29 is 13.2 Å². The number of fused-ring (bicyclic) bond motifs is 1. The average molecular weight is 395 g/mol. The normalized spacial score (nSPS) is 11.6. The molecular weight excluding hydrogens is 378 g/mol. The molecule has 1 aromatic carbocycles. The lowest BCUT2D eigenvalue weighted by atomic mass is 10.1. The summed E-state index contributed by atoms with van der Waals surface area (Å²) in [5.74, 6) is -0.601. The fourth-order valence-electron chi connectivity index (χ4n) is 2.90. The first-order valence-corrected chi connectivity index (χ1v) is 10.3. The summed E-state index contributed by atoms with van der Waals surface area (Å²) in [6.45, 7) is 0. The minimum absolute atomic E-state index is 0.112. The Kier molecular flexibility index (Phi) is 4.23. The van der Waals surface area contributed by atoms with E-state index >= 15 is 0 Å². The highest BCUT2D eigenvalue weighted by atomic mass is 32.2. The number of carbonyl (C=O) groups is 1. The highest BCUT2D eigenvalue weighted by Crippen LogP contribution is 2.21. The molecule has 8 nitrogen and oxygen atoms in total. The van der Waals surface area contributed by atoms with Crippen molar-refractivity contribution in [1.82, 2.24) is 19.4 Å². The van der Waals surface area contributed by atoms with E-state index in [1.54, 1.807) is 23.8 Å². The van der Waals surface area contributed by atoms with Crippen molar-refractivity contribution in [3.8, 4) is 11.3 Å². The van der Waals surface area contributed by atoms with E-state index < -0.39 is 15.7 Å². The van der Waals surface area contributed by atoms with Gasteiger partial charge in [0.2, 0.25) is 0 Å². The van der Waals surface area contributed by atoms with E-state index in [1.165, 1.54) is 10.9 Å². The van der Waals surface area contributed by atoms with Gasteiger partial charge in [0.05, 0.1) is 23.1 Å². The second-order valence-corrected chi connectivity index (χ2v) is 8.41.